The summed E-state index contributed by atoms with van der Waals surface area (Å²) in [6.45, 7) is 4.08. The lowest BCUT2D eigenvalue weighted by molar-refractivity contribution is -0.120. The predicted molar refractivity (Wildman–Crippen MR) is 39.6 cm³/mol. The van der Waals surface area contributed by atoms with Gasteiger partial charge in [-0.05, 0) is 13.3 Å². The van der Waals surface area contributed by atoms with E-state index in [1.165, 1.54) is 0 Å². The van der Waals surface area contributed by atoms with Crippen LogP contribution in [0, 0.1) is 0 Å². The molecule has 3 nitrogen and oxygen atoms in total. The number of aliphatic hydroxyl groups excluding tert-OH is 1. The van der Waals surface area contributed by atoms with Gasteiger partial charge in [0.05, 0.1) is 6.10 Å². The van der Waals surface area contributed by atoms with Gasteiger partial charge in [-0.1, -0.05) is 6.92 Å². The Morgan fingerprint density at radius 2 is 2.30 bits per heavy atom. The maximum Gasteiger partial charge on any atom is 0.219 e. The Hall–Kier alpha value is -0.570. The third-order valence-corrected chi connectivity index (χ3v) is 1.21. The van der Waals surface area contributed by atoms with Gasteiger partial charge in [-0.3, -0.25) is 4.79 Å². The zero-order valence-corrected chi connectivity index (χ0v) is 6.55. The molecule has 0 unspecified atom stereocenters. The van der Waals surface area contributed by atoms with Crippen molar-refractivity contribution in [2.24, 2.45) is 0 Å². The molecule has 0 aliphatic heterocycles. The lowest BCUT2D eigenvalue weighted by atomic mass is 10.3. The molecule has 0 bridgehead atoms. The zero-order chi connectivity index (χ0) is 7.98. The summed E-state index contributed by atoms with van der Waals surface area (Å²) >= 11 is 0. The minimum absolute atomic E-state index is 0.0423. The molecule has 0 spiro atoms. The molecule has 1 amide bonds. The van der Waals surface area contributed by atoms with Crippen LogP contribution in [0.4, 0.5) is 0 Å². The van der Waals surface area contributed by atoms with E-state index in [0.29, 0.717) is 19.4 Å². The second-order valence-corrected chi connectivity index (χ2v) is 2.34. The molecular weight excluding hydrogens is 130 g/mol. The largest absolute Gasteiger partial charge is 0.393 e. The standard InChI is InChI=1S/C7H15NO2/c1-3-7(10)8-5-4-6(2)9/h6,9H,3-5H2,1-2H3,(H,8,10)/t6-/m0/s1. The van der Waals surface area contributed by atoms with Crippen LogP contribution >= 0.6 is 0 Å². The van der Waals surface area contributed by atoms with Crippen molar-refractivity contribution in [1.29, 1.82) is 0 Å². The van der Waals surface area contributed by atoms with Gasteiger partial charge < -0.3 is 10.4 Å². The Labute approximate surface area is 61.4 Å². The highest BCUT2D eigenvalue weighted by Crippen LogP contribution is 1.86. The van der Waals surface area contributed by atoms with Crippen LogP contribution < -0.4 is 5.32 Å². The molecule has 0 aliphatic carbocycles. The molecule has 0 fully saturated rings. The van der Waals surface area contributed by atoms with E-state index in [1.54, 1.807) is 13.8 Å². The van der Waals surface area contributed by atoms with Crippen molar-refractivity contribution in [3.63, 3.8) is 0 Å². The number of nitrogens with one attached hydrogen (secondary N) is 1. The van der Waals surface area contributed by atoms with Crippen LogP contribution in [0.5, 0.6) is 0 Å². The molecular formula is C7H15NO2. The number of amides is 1. The molecule has 0 saturated heterocycles. The average Bonchev–Trinajstić information content (AvgIpc) is 1.87. The molecule has 0 aliphatic rings. The number of carbonyl (C=O) groups is 1. The summed E-state index contributed by atoms with van der Waals surface area (Å²) in [6.07, 6.45) is 0.822. The monoisotopic (exact) mass is 145 g/mol. The van der Waals surface area contributed by atoms with Crippen molar-refractivity contribution in [1.82, 2.24) is 5.32 Å². The molecule has 3 heteroatoms. The second kappa shape index (κ2) is 5.23. The van der Waals surface area contributed by atoms with Crippen molar-refractivity contribution in [2.45, 2.75) is 32.8 Å². The van der Waals surface area contributed by atoms with E-state index >= 15 is 0 Å². The molecule has 0 saturated carbocycles. The van der Waals surface area contributed by atoms with Gasteiger partial charge in [-0.15, -0.1) is 0 Å². The summed E-state index contributed by atoms with van der Waals surface area (Å²) in [7, 11) is 0. The van der Waals surface area contributed by atoms with Gasteiger partial charge >= 0.3 is 0 Å². The van der Waals surface area contributed by atoms with Gasteiger partial charge in [-0.25, -0.2) is 0 Å². The number of rotatable bonds is 4. The van der Waals surface area contributed by atoms with Crippen LogP contribution in [0.15, 0.2) is 0 Å². The van der Waals surface area contributed by atoms with E-state index < -0.39 is 0 Å². The van der Waals surface area contributed by atoms with Gasteiger partial charge in [0.1, 0.15) is 0 Å². The maximum atomic E-state index is 10.6. The van der Waals surface area contributed by atoms with Crippen LogP contribution in [0.25, 0.3) is 0 Å². The molecule has 0 radical (unpaired) electrons. The van der Waals surface area contributed by atoms with E-state index in [9.17, 15) is 4.79 Å². The topological polar surface area (TPSA) is 49.3 Å². The highest BCUT2D eigenvalue weighted by Gasteiger charge is 1.97. The SMILES string of the molecule is CCC(=O)NCC[C@H](C)O. The first-order chi connectivity index (χ1) is 4.66. The van der Waals surface area contributed by atoms with Crippen molar-refractivity contribution in [3.05, 3.63) is 0 Å². The number of aliphatic hydroxyl groups is 1. The van der Waals surface area contributed by atoms with Crippen LogP contribution in [-0.2, 0) is 4.79 Å². The summed E-state index contributed by atoms with van der Waals surface area (Å²) < 4.78 is 0. The fourth-order valence-electron chi connectivity index (χ4n) is 0.545. The van der Waals surface area contributed by atoms with Gasteiger partial charge in [0.15, 0.2) is 0 Å². The number of hydrogen-bond donors (Lipinski definition) is 2. The smallest absolute Gasteiger partial charge is 0.219 e. The Bertz CT molecular complexity index is 102. The van der Waals surface area contributed by atoms with E-state index in [2.05, 4.69) is 5.32 Å². The third-order valence-electron chi connectivity index (χ3n) is 1.21. The van der Waals surface area contributed by atoms with Crippen LogP contribution in [0.1, 0.15) is 26.7 Å². The van der Waals surface area contributed by atoms with E-state index in [4.69, 9.17) is 5.11 Å². The first kappa shape index (κ1) is 9.43. The van der Waals surface area contributed by atoms with Gasteiger partial charge in [0, 0.05) is 13.0 Å². The van der Waals surface area contributed by atoms with Crippen molar-refractivity contribution in [2.75, 3.05) is 6.54 Å². The van der Waals surface area contributed by atoms with Crippen molar-refractivity contribution >= 4 is 5.91 Å². The molecule has 2 N–H and O–H groups in total. The maximum absolute atomic E-state index is 10.6. The molecule has 1 atom stereocenters. The molecule has 0 aromatic rings. The van der Waals surface area contributed by atoms with Gasteiger partial charge in [0.25, 0.3) is 0 Å². The van der Waals surface area contributed by atoms with Crippen molar-refractivity contribution in [3.8, 4) is 0 Å². The predicted octanol–water partition coefficient (Wildman–Crippen LogP) is 0.283. The first-order valence-electron chi connectivity index (χ1n) is 3.61. The molecule has 0 rings (SSSR count). The van der Waals surface area contributed by atoms with E-state index in [0.717, 1.165) is 0 Å². The fourth-order valence-corrected chi connectivity index (χ4v) is 0.545. The molecule has 0 aromatic heterocycles. The minimum atomic E-state index is -0.322. The fraction of sp³-hybridized carbons (Fsp3) is 0.857. The summed E-state index contributed by atoms with van der Waals surface area (Å²) in [5, 5.41) is 11.5. The molecule has 0 heterocycles. The zero-order valence-electron chi connectivity index (χ0n) is 6.55. The lowest BCUT2D eigenvalue weighted by Gasteiger charge is -2.04. The Morgan fingerprint density at radius 1 is 1.70 bits per heavy atom. The molecule has 0 aromatic carbocycles. The summed E-state index contributed by atoms with van der Waals surface area (Å²) in [5.74, 6) is 0.0423. The van der Waals surface area contributed by atoms with Crippen LogP contribution in [0.2, 0.25) is 0 Å². The van der Waals surface area contributed by atoms with Crippen LogP contribution in [0.3, 0.4) is 0 Å². The normalized spacial score (nSPS) is 12.7. The first-order valence-corrected chi connectivity index (χ1v) is 3.61. The second-order valence-electron chi connectivity index (χ2n) is 2.34. The van der Waals surface area contributed by atoms with Gasteiger partial charge in [-0.2, -0.15) is 0 Å². The summed E-state index contributed by atoms with van der Waals surface area (Å²) in [5.41, 5.74) is 0. The van der Waals surface area contributed by atoms with Crippen LogP contribution in [-0.4, -0.2) is 23.7 Å². The Morgan fingerprint density at radius 3 is 2.70 bits per heavy atom. The average molecular weight is 145 g/mol. The number of carbonyl (C=O) groups excluding carboxylic acids is 1. The summed E-state index contributed by atoms with van der Waals surface area (Å²) in [4.78, 5) is 10.6. The minimum Gasteiger partial charge on any atom is -0.393 e. The van der Waals surface area contributed by atoms with E-state index in [-0.39, 0.29) is 12.0 Å². The van der Waals surface area contributed by atoms with Crippen molar-refractivity contribution < 1.29 is 9.90 Å². The Kier molecular flexibility index (Phi) is 4.94. The Balaban J connectivity index is 3.12. The number of hydrogen-bond acceptors (Lipinski definition) is 2. The third kappa shape index (κ3) is 5.56. The quantitative estimate of drug-likeness (QED) is 0.597. The molecule has 60 valence electrons. The molecule has 10 heavy (non-hydrogen) atoms. The highest BCUT2D eigenvalue weighted by atomic mass is 16.3. The van der Waals surface area contributed by atoms with E-state index in [1.807, 2.05) is 0 Å². The van der Waals surface area contributed by atoms with Gasteiger partial charge in [0.2, 0.25) is 5.91 Å². The lowest BCUT2D eigenvalue weighted by Crippen LogP contribution is -2.25. The summed E-state index contributed by atoms with van der Waals surface area (Å²) in [6, 6.07) is 0. The highest BCUT2D eigenvalue weighted by molar-refractivity contribution is 5.75.